The van der Waals surface area contributed by atoms with Gasteiger partial charge in [0.1, 0.15) is 11.9 Å². The van der Waals surface area contributed by atoms with Crippen LogP contribution in [0, 0.1) is 5.92 Å². The predicted octanol–water partition coefficient (Wildman–Crippen LogP) is 0.996. The first-order valence-corrected chi connectivity index (χ1v) is 7.16. The fourth-order valence-corrected chi connectivity index (χ4v) is 2.58. The monoisotopic (exact) mass is 278 g/mol. The summed E-state index contributed by atoms with van der Waals surface area (Å²) in [4.78, 5) is 21.3. The standard InChI is InChI=1S/C14H22N4O2/c1-2-18-5-3-11(4-6-18)7-15-9-13-12(14(19)20)8-16-10-17-13/h8,10-11,15H,2-7,9H2,1H3,(H,19,20). The lowest BCUT2D eigenvalue weighted by molar-refractivity contribution is 0.0694. The van der Waals surface area contributed by atoms with E-state index in [1.165, 1.54) is 25.4 Å². The molecule has 6 heteroatoms. The van der Waals surface area contributed by atoms with E-state index in [0.29, 0.717) is 18.2 Å². The molecule has 20 heavy (non-hydrogen) atoms. The predicted molar refractivity (Wildman–Crippen MR) is 75.5 cm³/mol. The van der Waals surface area contributed by atoms with Gasteiger partial charge in [0.05, 0.1) is 5.69 Å². The molecule has 0 bridgehead atoms. The van der Waals surface area contributed by atoms with Crippen molar-refractivity contribution < 1.29 is 9.90 Å². The van der Waals surface area contributed by atoms with Gasteiger partial charge in [-0.05, 0) is 44.9 Å². The third-order valence-electron chi connectivity index (χ3n) is 3.91. The Labute approximate surface area is 119 Å². The van der Waals surface area contributed by atoms with Crippen molar-refractivity contribution in [3.05, 3.63) is 23.8 Å². The zero-order valence-electron chi connectivity index (χ0n) is 11.9. The van der Waals surface area contributed by atoms with E-state index in [1.54, 1.807) is 0 Å². The van der Waals surface area contributed by atoms with Crippen LogP contribution in [0.5, 0.6) is 0 Å². The summed E-state index contributed by atoms with van der Waals surface area (Å²) in [5, 5.41) is 12.4. The Hall–Kier alpha value is -1.53. The number of nitrogens with zero attached hydrogens (tertiary/aromatic N) is 3. The van der Waals surface area contributed by atoms with Crippen molar-refractivity contribution in [3.8, 4) is 0 Å². The molecule has 0 saturated carbocycles. The minimum absolute atomic E-state index is 0.181. The van der Waals surface area contributed by atoms with Gasteiger partial charge in [-0.3, -0.25) is 0 Å². The fraction of sp³-hybridized carbons (Fsp3) is 0.643. The average molecular weight is 278 g/mol. The van der Waals surface area contributed by atoms with E-state index in [0.717, 1.165) is 26.2 Å². The first kappa shape index (κ1) is 14.9. The van der Waals surface area contributed by atoms with Gasteiger partial charge in [-0.15, -0.1) is 0 Å². The molecule has 2 heterocycles. The van der Waals surface area contributed by atoms with E-state index in [4.69, 9.17) is 5.11 Å². The summed E-state index contributed by atoms with van der Waals surface area (Å²) in [5.74, 6) is -0.299. The maximum atomic E-state index is 11.0. The van der Waals surface area contributed by atoms with Crippen LogP contribution < -0.4 is 5.32 Å². The Balaban J connectivity index is 1.78. The number of aromatic nitrogens is 2. The van der Waals surface area contributed by atoms with Crippen molar-refractivity contribution >= 4 is 5.97 Å². The van der Waals surface area contributed by atoms with Gasteiger partial charge in [0, 0.05) is 12.7 Å². The Bertz CT molecular complexity index is 445. The summed E-state index contributed by atoms with van der Waals surface area (Å²) >= 11 is 0. The lowest BCUT2D eigenvalue weighted by Gasteiger charge is -2.31. The van der Waals surface area contributed by atoms with Gasteiger partial charge in [0.15, 0.2) is 0 Å². The van der Waals surface area contributed by atoms with Crippen LogP contribution in [0.1, 0.15) is 35.8 Å². The molecule has 0 aromatic carbocycles. The second kappa shape index (κ2) is 7.31. The zero-order chi connectivity index (χ0) is 14.4. The van der Waals surface area contributed by atoms with Crippen molar-refractivity contribution in [2.45, 2.75) is 26.3 Å². The lowest BCUT2D eigenvalue weighted by atomic mass is 9.97. The fourth-order valence-electron chi connectivity index (χ4n) is 2.58. The van der Waals surface area contributed by atoms with Crippen LogP contribution >= 0.6 is 0 Å². The number of aromatic carboxylic acids is 1. The molecule has 1 aliphatic rings. The minimum Gasteiger partial charge on any atom is -0.478 e. The highest BCUT2D eigenvalue weighted by atomic mass is 16.4. The molecule has 0 amide bonds. The SMILES string of the molecule is CCN1CCC(CNCc2ncncc2C(=O)O)CC1. The Morgan fingerprint density at radius 2 is 2.25 bits per heavy atom. The number of nitrogens with one attached hydrogen (secondary N) is 1. The summed E-state index contributed by atoms with van der Waals surface area (Å²) in [6, 6.07) is 0. The number of carboxylic acid groups (broad SMARTS) is 1. The zero-order valence-corrected chi connectivity index (χ0v) is 11.9. The molecule has 110 valence electrons. The van der Waals surface area contributed by atoms with Crippen molar-refractivity contribution in [2.75, 3.05) is 26.2 Å². The largest absolute Gasteiger partial charge is 0.478 e. The van der Waals surface area contributed by atoms with E-state index in [-0.39, 0.29) is 5.56 Å². The third kappa shape index (κ3) is 3.98. The molecule has 0 unspecified atom stereocenters. The second-order valence-electron chi connectivity index (χ2n) is 5.20. The Morgan fingerprint density at radius 3 is 2.90 bits per heavy atom. The molecular formula is C14H22N4O2. The number of hydrogen-bond donors (Lipinski definition) is 2. The first-order valence-electron chi connectivity index (χ1n) is 7.16. The Kier molecular flexibility index (Phi) is 5.43. The smallest absolute Gasteiger partial charge is 0.339 e. The second-order valence-corrected chi connectivity index (χ2v) is 5.20. The molecule has 0 atom stereocenters. The summed E-state index contributed by atoms with van der Waals surface area (Å²) in [6.45, 7) is 7.05. The number of likely N-dealkylation sites (tertiary alicyclic amines) is 1. The van der Waals surface area contributed by atoms with Gasteiger partial charge in [0.2, 0.25) is 0 Å². The van der Waals surface area contributed by atoms with Gasteiger partial charge in [-0.25, -0.2) is 14.8 Å². The highest BCUT2D eigenvalue weighted by molar-refractivity contribution is 5.88. The summed E-state index contributed by atoms with van der Waals surface area (Å²) in [7, 11) is 0. The molecule has 1 aromatic heterocycles. The molecule has 6 nitrogen and oxygen atoms in total. The molecule has 1 aromatic rings. The van der Waals surface area contributed by atoms with Crippen LogP contribution in [0.2, 0.25) is 0 Å². The quantitative estimate of drug-likeness (QED) is 0.808. The molecule has 0 aliphatic carbocycles. The molecule has 2 rings (SSSR count). The van der Waals surface area contributed by atoms with Crippen LogP contribution in [0.4, 0.5) is 0 Å². The van der Waals surface area contributed by atoms with Crippen molar-refractivity contribution in [2.24, 2.45) is 5.92 Å². The van der Waals surface area contributed by atoms with E-state index in [1.807, 2.05) is 0 Å². The van der Waals surface area contributed by atoms with E-state index in [2.05, 4.69) is 27.1 Å². The lowest BCUT2D eigenvalue weighted by Crippen LogP contribution is -2.37. The maximum Gasteiger partial charge on any atom is 0.339 e. The van der Waals surface area contributed by atoms with Gasteiger partial charge < -0.3 is 15.3 Å². The molecule has 2 N–H and O–H groups in total. The van der Waals surface area contributed by atoms with Crippen LogP contribution in [0.3, 0.4) is 0 Å². The summed E-state index contributed by atoms with van der Waals surface area (Å²) in [6.07, 6.45) is 5.15. The highest BCUT2D eigenvalue weighted by Gasteiger charge is 2.18. The van der Waals surface area contributed by atoms with Gasteiger partial charge in [0.25, 0.3) is 0 Å². The minimum atomic E-state index is -0.973. The third-order valence-corrected chi connectivity index (χ3v) is 3.91. The van der Waals surface area contributed by atoms with E-state index in [9.17, 15) is 4.79 Å². The molecule has 1 saturated heterocycles. The summed E-state index contributed by atoms with van der Waals surface area (Å²) in [5.41, 5.74) is 0.735. The van der Waals surface area contributed by atoms with Crippen molar-refractivity contribution in [1.29, 1.82) is 0 Å². The molecule has 1 aliphatic heterocycles. The maximum absolute atomic E-state index is 11.0. The van der Waals surface area contributed by atoms with Crippen molar-refractivity contribution in [3.63, 3.8) is 0 Å². The van der Waals surface area contributed by atoms with E-state index >= 15 is 0 Å². The van der Waals surface area contributed by atoms with Crippen molar-refractivity contribution in [1.82, 2.24) is 20.2 Å². The molecular weight excluding hydrogens is 256 g/mol. The van der Waals surface area contributed by atoms with Crippen LogP contribution in [-0.2, 0) is 6.54 Å². The van der Waals surface area contributed by atoms with Gasteiger partial charge >= 0.3 is 5.97 Å². The number of rotatable bonds is 6. The number of carbonyl (C=O) groups is 1. The highest BCUT2D eigenvalue weighted by Crippen LogP contribution is 2.16. The van der Waals surface area contributed by atoms with Crippen LogP contribution in [-0.4, -0.2) is 52.1 Å². The van der Waals surface area contributed by atoms with Crippen LogP contribution in [0.15, 0.2) is 12.5 Å². The van der Waals surface area contributed by atoms with Gasteiger partial charge in [-0.1, -0.05) is 6.92 Å². The number of hydrogen-bond acceptors (Lipinski definition) is 5. The summed E-state index contributed by atoms with van der Waals surface area (Å²) < 4.78 is 0. The molecule has 0 spiro atoms. The van der Waals surface area contributed by atoms with E-state index < -0.39 is 5.97 Å². The Morgan fingerprint density at radius 1 is 1.50 bits per heavy atom. The molecule has 0 radical (unpaired) electrons. The normalized spacial score (nSPS) is 17.2. The number of carboxylic acids is 1. The van der Waals surface area contributed by atoms with Gasteiger partial charge in [-0.2, -0.15) is 0 Å². The molecule has 1 fully saturated rings. The average Bonchev–Trinajstić information content (AvgIpc) is 2.48. The number of piperidine rings is 1. The van der Waals surface area contributed by atoms with Crippen LogP contribution in [0.25, 0.3) is 0 Å². The topological polar surface area (TPSA) is 78.3 Å². The first-order chi connectivity index (χ1) is 9.70.